The van der Waals surface area contributed by atoms with Gasteiger partial charge in [0.2, 0.25) is 5.91 Å². The lowest BCUT2D eigenvalue weighted by Gasteiger charge is -2.31. The topological polar surface area (TPSA) is 62.1 Å². The zero-order chi connectivity index (χ0) is 14.5. The van der Waals surface area contributed by atoms with E-state index < -0.39 is 0 Å². The van der Waals surface area contributed by atoms with Crippen LogP contribution in [0.5, 0.6) is 5.75 Å². The lowest BCUT2D eigenvalue weighted by Crippen LogP contribution is -2.43. The molecular weight excluding hydrogens is 256 g/mol. The number of carbonyl (C=O) groups excluding carboxylic acids is 1. The number of carbonyl (C=O) groups is 1. The van der Waals surface area contributed by atoms with Crippen LogP contribution in [-0.2, 0) is 11.2 Å². The minimum atomic E-state index is 0.0992. The summed E-state index contributed by atoms with van der Waals surface area (Å²) >= 11 is 0. The molecule has 1 heterocycles. The van der Waals surface area contributed by atoms with Crippen LogP contribution in [-0.4, -0.2) is 41.9 Å². The molecule has 1 amide bonds. The molecule has 1 aromatic rings. The highest BCUT2D eigenvalue weighted by Gasteiger charge is 2.25. The lowest BCUT2D eigenvalue weighted by atomic mass is 9.97. The summed E-state index contributed by atoms with van der Waals surface area (Å²) < 4.78 is 5.16. The molecule has 5 heteroatoms. The van der Waals surface area contributed by atoms with Gasteiger partial charge in [-0.2, -0.15) is 0 Å². The molecule has 0 spiro atoms. The smallest absolute Gasteiger partial charge is 0.227 e. The number of benzene rings is 1. The summed E-state index contributed by atoms with van der Waals surface area (Å²) in [5.74, 6) is 0.974. The first-order valence-electron chi connectivity index (χ1n) is 6.75. The van der Waals surface area contributed by atoms with Crippen LogP contribution in [0.15, 0.2) is 29.4 Å². The molecule has 20 heavy (non-hydrogen) atoms. The number of rotatable bonds is 3. The molecule has 1 aromatic carbocycles. The standard InChI is InChI=1S/C15H20N2O3/c1-11-10-17(7-6-14(11)16-19)15(18)9-12-4-3-5-13(8-12)20-2/h3-5,8,11,19H,6-7,9-10H2,1-2H3/b16-14-. The molecule has 0 bridgehead atoms. The van der Waals surface area contributed by atoms with Crippen LogP contribution in [0.2, 0.25) is 0 Å². The van der Waals surface area contributed by atoms with E-state index in [9.17, 15) is 4.79 Å². The maximum atomic E-state index is 12.3. The van der Waals surface area contributed by atoms with Crippen LogP contribution in [0.4, 0.5) is 0 Å². The summed E-state index contributed by atoms with van der Waals surface area (Å²) in [7, 11) is 1.61. The average Bonchev–Trinajstić information content (AvgIpc) is 2.47. The third-order valence-corrected chi connectivity index (χ3v) is 3.67. The molecule has 1 atom stereocenters. The molecule has 0 aromatic heterocycles. The van der Waals surface area contributed by atoms with E-state index in [2.05, 4.69) is 5.16 Å². The Morgan fingerprint density at radius 2 is 2.35 bits per heavy atom. The van der Waals surface area contributed by atoms with Crippen LogP contribution in [0.3, 0.4) is 0 Å². The number of hydrogen-bond acceptors (Lipinski definition) is 4. The second-order valence-corrected chi connectivity index (χ2v) is 5.11. The van der Waals surface area contributed by atoms with Crippen molar-refractivity contribution in [3.8, 4) is 5.75 Å². The van der Waals surface area contributed by atoms with Crippen molar-refractivity contribution in [2.45, 2.75) is 19.8 Å². The molecule has 2 rings (SSSR count). The Hall–Kier alpha value is -2.04. The average molecular weight is 276 g/mol. The molecule has 0 radical (unpaired) electrons. The number of oxime groups is 1. The van der Waals surface area contributed by atoms with Gasteiger partial charge in [0, 0.05) is 25.4 Å². The molecule has 5 nitrogen and oxygen atoms in total. The summed E-state index contributed by atoms with van der Waals surface area (Å²) in [6, 6.07) is 7.55. The van der Waals surface area contributed by atoms with Gasteiger partial charge in [-0.3, -0.25) is 4.79 Å². The number of likely N-dealkylation sites (tertiary alicyclic amines) is 1. The summed E-state index contributed by atoms with van der Waals surface area (Å²) in [4.78, 5) is 14.1. The minimum Gasteiger partial charge on any atom is -0.497 e. The molecule has 0 aliphatic carbocycles. The van der Waals surface area contributed by atoms with Crippen molar-refractivity contribution in [3.63, 3.8) is 0 Å². The summed E-state index contributed by atoms with van der Waals surface area (Å²) in [5.41, 5.74) is 1.72. The summed E-state index contributed by atoms with van der Waals surface area (Å²) in [6.07, 6.45) is 1.01. The highest BCUT2D eigenvalue weighted by molar-refractivity contribution is 5.89. The van der Waals surface area contributed by atoms with Crippen LogP contribution in [0, 0.1) is 5.92 Å². The van der Waals surface area contributed by atoms with E-state index in [4.69, 9.17) is 9.94 Å². The van der Waals surface area contributed by atoms with E-state index in [0.717, 1.165) is 17.0 Å². The van der Waals surface area contributed by atoms with Crippen LogP contribution < -0.4 is 4.74 Å². The van der Waals surface area contributed by atoms with Gasteiger partial charge in [-0.25, -0.2) is 0 Å². The van der Waals surface area contributed by atoms with E-state index in [1.165, 1.54) is 0 Å². The Kier molecular flexibility index (Phi) is 4.61. The number of methoxy groups -OCH3 is 1. The molecule has 1 N–H and O–H groups in total. The van der Waals surface area contributed by atoms with Crippen molar-refractivity contribution >= 4 is 11.6 Å². The van der Waals surface area contributed by atoms with Gasteiger partial charge in [0.15, 0.2) is 0 Å². The van der Waals surface area contributed by atoms with Crippen molar-refractivity contribution in [2.24, 2.45) is 11.1 Å². The van der Waals surface area contributed by atoms with Crippen molar-refractivity contribution in [1.29, 1.82) is 0 Å². The third-order valence-electron chi connectivity index (χ3n) is 3.67. The fourth-order valence-electron chi connectivity index (χ4n) is 2.47. The van der Waals surface area contributed by atoms with Gasteiger partial charge < -0.3 is 14.8 Å². The van der Waals surface area contributed by atoms with E-state index in [0.29, 0.717) is 25.9 Å². The van der Waals surface area contributed by atoms with Gasteiger partial charge in [-0.15, -0.1) is 0 Å². The van der Waals surface area contributed by atoms with Crippen molar-refractivity contribution < 1.29 is 14.7 Å². The molecule has 1 aliphatic heterocycles. The first kappa shape index (κ1) is 14.4. The minimum absolute atomic E-state index is 0.0992. The molecule has 1 fully saturated rings. The number of nitrogens with zero attached hydrogens (tertiary/aromatic N) is 2. The van der Waals surface area contributed by atoms with Gasteiger partial charge in [-0.05, 0) is 17.7 Å². The predicted molar refractivity (Wildman–Crippen MR) is 76.3 cm³/mol. The third kappa shape index (κ3) is 3.29. The molecule has 0 saturated carbocycles. The van der Waals surface area contributed by atoms with E-state index in [1.54, 1.807) is 7.11 Å². The Bertz CT molecular complexity index is 514. The second-order valence-electron chi connectivity index (χ2n) is 5.11. The van der Waals surface area contributed by atoms with Crippen LogP contribution in [0.1, 0.15) is 18.9 Å². The Labute approximate surface area is 118 Å². The van der Waals surface area contributed by atoms with Gasteiger partial charge in [0.05, 0.1) is 19.2 Å². The molecule has 1 saturated heterocycles. The normalized spacial score (nSPS) is 21.0. The van der Waals surface area contributed by atoms with Crippen LogP contribution in [0.25, 0.3) is 0 Å². The number of ether oxygens (including phenoxy) is 1. The highest BCUT2D eigenvalue weighted by atomic mass is 16.5. The summed E-state index contributed by atoms with van der Waals surface area (Å²) in [6.45, 7) is 3.20. The first-order valence-corrected chi connectivity index (χ1v) is 6.75. The second kappa shape index (κ2) is 6.41. The number of amides is 1. The van der Waals surface area contributed by atoms with E-state index >= 15 is 0 Å². The Morgan fingerprint density at radius 1 is 1.55 bits per heavy atom. The quantitative estimate of drug-likeness (QED) is 0.678. The Balaban J connectivity index is 1.98. The zero-order valence-corrected chi connectivity index (χ0v) is 11.9. The van der Waals surface area contributed by atoms with Crippen molar-refractivity contribution in [2.75, 3.05) is 20.2 Å². The van der Waals surface area contributed by atoms with Gasteiger partial charge in [0.25, 0.3) is 0 Å². The maximum absolute atomic E-state index is 12.3. The fraction of sp³-hybridized carbons (Fsp3) is 0.467. The Morgan fingerprint density at radius 3 is 3.00 bits per heavy atom. The predicted octanol–water partition coefficient (Wildman–Crippen LogP) is 1.94. The van der Waals surface area contributed by atoms with Crippen molar-refractivity contribution in [3.05, 3.63) is 29.8 Å². The largest absolute Gasteiger partial charge is 0.497 e. The number of hydrogen-bond donors (Lipinski definition) is 1. The van der Waals surface area contributed by atoms with Crippen molar-refractivity contribution in [1.82, 2.24) is 4.90 Å². The van der Waals surface area contributed by atoms with Gasteiger partial charge in [-0.1, -0.05) is 24.2 Å². The monoisotopic (exact) mass is 276 g/mol. The SMILES string of the molecule is COc1cccc(CC(=O)N2CC/C(=N/O)C(C)C2)c1. The molecule has 1 aliphatic rings. The molecule has 108 valence electrons. The van der Waals surface area contributed by atoms with Crippen LogP contribution >= 0.6 is 0 Å². The first-order chi connectivity index (χ1) is 9.63. The zero-order valence-electron chi connectivity index (χ0n) is 11.9. The summed E-state index contributed by atoms with van der Waals surface area (Å²) in [5, 5.41) is 12.1. The molecular formula is C15H20N2O3. The lowest BCUT2D eigenvalue weighted by molar-refractivity contribution is -0.131. The number of piperidine rings is 1. The fourth-order valence-corrected chi connectivity index (χ4v) is 2.47. The molecule has 1 unspecified atom stereocenters. The van der Waals surface area contributed by atoms with E-state index in [-0.39, 0.29) is 11.8 Å². The van der Waals surface area contributed by atoms with Gasteiger partial charge >= 0.3 is 0 Å². The van der Waals surface area contributed by atoms with E-state index in [1.807, 2.05) is 36.1 Å². The maximum Gasteiger partial charge on any atom is 0.227 e. The van der Waals surface area contributed by atoms with Gasteiger partial charge in [0.1, 0.15) is 5.75 Å². The highest BCUT2D eigenvalue weighted by Crippen LogP contribution is 2.17.